The Balaban J connectivity index is 1.98. The van der Waals surface area contributed by atoms with E-state index >= 15 is 0 Å². The molecule has 0 saturated carbocycles. The Morgan fingerprint density at radius 1 is 1.24 bits per heavy atom. The Bertz CT molecular complexity index is 406. The predicted molar refractivity (Wildman–Crippen MR) is 55.5 cm³/mol. The Morgan fingerprint density at radius 2 is 1.94 bits per heavy atom. The lowest BCUT2D eigenvalue weighted by Gasteiger charge is -2.24. The van der Waals surface area contributed by atoms with Crippen LogP contribution in [-0.2, 0) is 19.2 Å². The molecule has 2 aliphatic heterocycles. The van der Waals surface area contributed by atoms with Gasteiger partial charge in [-0.15, -0.1) is 0 Å². The maximum Gasteiger partial charge on any atom is 0.246 e. The monoisotopic (exact) mass is 239 g/mol. The highest BCUT2D eigenvalue weighted by Crippen LogP contribution is 2.13. The van der Waals surface area contributed by atoms with E-state index in [-0.39, 0.29) is 30.6 Å². The molecule has 0 aromatic rings. The highest BCUT2D eigenvalue weighted by atomic mass is 16.2. The number of likely N-dealkylation sites (tertiary alicyclic amines) is 1. The van der Waals surface area contributed by atoms with Gasteiger partial charge in [0.15, 0.2) is 0 Å². The summed E-state index contributed by atoms with van der Waals surface area (Å²) in [6.07, 6.45) is 0.660. The van der Waals surface area contributed by atoms with Crippen LogP contribution in [-0.4, -0.2) is 47.7 Å². The third-order valence-corrected chi connectivity index (χ3v) is 3.02. The smallest absolute Gasteiger partial charge is 0.246 e. The van der Waals surface area contributed by atoms with Crippen LogP contribution < -0.4 is 10.6 Å². The number of likely N-dealkylation sites (N-methyl/N-ethyl adjacent to an activating group) is 1. The average Bonchev–Trinajstić information content (AvgIpc) is 2.50. The fourth-order valence-electron chi connectivity index (χ4n) is 1.98. The minimum atomic E-state index is -0.656. The molecule has 7 heteroatoms. The van der Waals surface area contributed by atoms with Gasteiger partial charge in [0.05, 0.1) is 18.5 Å². The SMILES string of the molecule is CN1C(=O)CC(NC2CCC(=O)NC2=O)C1=O. The Morgan fingerprint density at radius 3 is 2.47 bits per heavy atom. The Hall–Kier alpha value is -1.76. The molecule has 2 atom stereocenters. The summed E-state index contributed by atoms with van der Waals surface area (Å²) in [5, 5.41) is 5.01. The standard InChI is InChI=1S/C10H13N3O4/c1-13-8(15)4-6(10(13)17)11-5-2-3-7(14)12-9(5)16/h5-6,11H,2-4H2,1H3,(H,12,14,16). The van der Waals surface area contributed by atoms with Crippen LogP contribution >= 0.6 is 0 Å². The van der Waals surface area contributed by atoms with Crippen LogP contribution in [0.5, 0.6) is 0 Å². The van der Waals surface area contributed by atoms with Crippen LogP contribution in [0, 0.1) is 0 Å². The fourth-order valence-corrected chi connectivity index (χ4v) is 1.98. The summed E-state index contributed by atoms with van der Waals surface area (Å²) >= 11 is 0. The van der Waals surface area contributed by atoms with Gasteiger partial charge in [-0.2, -0.15) is 0 Å². The van der Waals surface area contributed by atoms with Gasteiger partial charge in [-0.1, -0.05) is 0 Å². The average molecular weight is 239 g/mol. The molecule has 0 aliphatic carbocycles. The van der Waals surface area contributed by atoms with Crippen molar-refractivity contribution in [2.45, 2.75) is 31.3 Å². The highest BCUT2D eigenvalue weighted by Gasteiger charge is 2.39. The van der Waals surface area contributed by atoms with Gasteiger partial charge < -0.3 is 0 Å². The van der Waals surface area contributed by atoms with Crippen molar-refractivity contribution in [3.63, 3.8) is 0 Å². The van der Waals surface area contributed by atoms with Crippen LogP contribution in [0.25, 0.3) is 0 Å². The first-order valence-corrected chi connectivity index (χ1v) is 5.39. The molecule has 2 N–H and O–H groups in total. The zero-order valence-electron chi connectivity index (χ0n) is 9.36. The summed E-state index contributed by atoms with van der Waals surface area (Å²) in [7, 11) is 1.41. The molecule has 0 aromatic heterocycles. The van der Waals surface area contributed by atoms with Crippen LogP contribution in [0.1, 0.15) is 19.3 Å². The number of amides is 4. The van der Waals surface area contributed by atoms with Crippen molar-refractivity contribution < 1.29 is 19.2 Å². The molecular formula is C10H13N3O4. The number of hydrogen-bond donors (Lipinski definition) is 2. The summed E-state index contributed by atoms with van der Waals surface area (Å²) < 4.78 is 0. The van der Waals surface area contributed by atoms with Gasteiger partial charge in [-0.25, -0.2) is 0 Å². The lowest BCUT2D eigenvalue weighted by molar-refractivity contribution is -0.137. The van der Waals surface area contributed by atoms with Gasteiger partial charge in [0.2, 0.25) is 23.6 Å². The number of carbonyl (C=O) groups is 4. The first-order chi connectivity index (χ1) is 7.99. The molecule has 2 rings (SSSR count). The number of hydrogen-bond acceptors (Lipinski definition) is 5. The maximum atomic E-state index is 11.6. The molecule has 2 heterocycles. The lowest BCUT2D eigenvalue weighted by atomic mass is 10.0. The first-order valence-electron chi connectivity index (χ1n) is 5.39. The van der Waals surface area contributed by atoms with Crippen molar-refractivity contribution >= 4 is 23.6 Å². The minimum absolute atomic E-state index is 0.0626. The molecule has 7 nitrogen and oxygen atoms in total. The van der Waals surface area contributed by atoms with Crippen molar-refractivity contribution in [3.05, 3.63) is 0 Å². The first kappa shape index (κ1) is 11.7. The second-order valence-electron chi connectivity index (χ2n) is 4.22. The van der Waals surface area contributed by atoms with Gasteiger partial charge in [-0.05, 0) is 6.42 Å². The summed E-state index contributed by atoms with van der Waals surface area (Å²) in [5.74, 6) is -1.34. The molecule has 2 saturated heterocycles. The molecule has 0 radical (unpaired) electrons. The number of nitrogens with zero attached hydrogens (tertiary/aromatic N) is 1. The second kappa shape index (κ2) is 4.25. The molecule has 17 heavy (non-hydrogen) atoms. The van der Waals surface area contributed by atoms with Gasteiger partial charge >= 0.3 is 0 Å². The second-order valence-corrected chi connectivity index (χ2v) is 4.22. The molecule has 0 aromatic carbocycles. The van der Waals surface area contributed by atoms with Crippen molar-refractivity contribution in [1.82, 2.24) is 15.5 Å². The van der Waals surface area contributed by atoms with E-state index in [0.29, 0.717) is 6.42 Å². The van der Waals surface area contributed by atoms with Crippen LogP contribution in [0.3, 0.4) is 0 Å². The summed E-state index contributed by atoms with van der Waals surface area (Å²) in [4.78, 5) is 46.3. The van der Waals surface area contributed by atoms with Crippen LogP contribution in [0.2, 0.25) is 0 Å². The van der Waals surface area contributed by atoms with E-state index in [9.17, 15) is 19.2 Å². The Labute approximate surface area is 97.5 Å². The summed E-state index contributed by atoms with van der Waals surface area (Å²) in [5.41, 5.74) is 0. The number of piperidine rings is 1. The van der Waals surface area contributed by atoms with Crippen LogP contribution in [0.15, 0.2) is 0 Å². The fraction of sp³-hybridized carbons (Fsp3) is 0.600. The van der Waals surface area contributed by atoms with Crippen molar-refractivity contribution in [2.75, 3.05) is 7.05 Å². The number of carbonyl (C=O) groups excluding carboxylic acids is 4. The molecule has 2 aliphatic rings. The molecule has 2 unspecified atom stereocenters. The van der Waals surface area contributed by atoms with Gasteiger partial charge in [0, 0.05) is 13.5 Å². The summed E-state index contributed by atoms with van der Waals surface area (Å²) in [6, 6.07) is -1.24. The largest absolute Gasteiger partial charge is 0.295 e. The molecular weight excluding hydrogens is 226 g/mol. The van der Waals surface area contributed by atoms with E-state index in [4.69, 9.17) is 0 Å². The minimum Gasteiger partial charge on any atom is -0.295 e. The van der Waals surface area contributed by atoms with Gasteiger partial charge in [0.1, 0.15) is 0 Å². The predicted octanol–water partition coefficient (Wildman–Crippen LogP) is -1.86. The summed E-state index contributed by atoms with van der Waals surface area (Å²) in [6.45, 7) is 0. The molecule has 0 bridgehead atoms. The highest BCUT2D eigenvalue weighted by molar-refractivity contribution is 6.06. The number of rotatable bonds is 2. The van der Waals surface area contributed by atoms with Crippen molar-refractivity contribution in [1.29, 1.82) is 0 Å². The van der Waals surface area contributed by atoms with Crippen molar-refractivity contribution in [3.8, 4) is 0 Å². The van der Waals surface area contributed by atoms with E-state index in [0.717, 1.165) is 4.90 Å². The number of imide groups is 2. The molecule has 2 fully saturated rings. The number of nitrogens with one attached hydrogen (secondary N) is 2. The van der Waals surface area contributed by atoms with E-state index in [1.807, 2.05) is 0 Å². The zero-order valence-corrected chi connectivity index (χ0v) is 9.36. The topological polar surface area (TPSA) is 95.6 Å². The lowest BCUT2D eigenvalue weighted by Crippen LogP contribution is -2.54. The van der Waals surface area contributed by atoms with E-state index < -0.39 is 18.0 Å². The Kier molecular flexibility index (Phi) is 2.93. The molecule has 92 valence electrons. The maximum absolute atomic E-state index is 11.6. The van der Waals surface area contributed by atoms with Crippen molar-refractivity contribution in [2.24, 2.45) is 0 Å². The van der Waals surface area contributed by atoms with E-state index in [2.05, 4.69) is 10.6 Å². The van der Waals surface area contributed by atoms with E-state index in [1.165, 1.54) is 7.05 Å². The quantitative estimate of drug-likeness (QED) is 0.551. The molecule has 0 spiro atoms. The van der Waals surface area contributed by atoms with Gasteiger partial charge in [0.25, 0.3) is 0 Å². The van der Waals surface area contributed by atoms with E-state index in [1.54, 1.807) is 0 Å². The zero-order chi connectivity index (χ0) is 12.6. The normalized spacial score (nSPS) is 29.8. The van der Waals surface area contributed by atoms with Crippen LogP contribution in [0.4, 0.5) is 0 Å². The van der Waals surface area contributed by atoms with Gasteiger partial charge in [-0.3, -0.25) is 34.7 Å². The third kappa shape index (κ3) is 2.19. The molecule has 4 amide bonds. The third-order valence-electron chi connectivity index (χ3n) is 3.02.